The lowest BCUT2D eigenvalue weighted by Gasteiger charge is -2.06. The molecule has 0 heterocycles. The van der Waals surface area contributed by atoms with Gasteiger partial charge < -0.3 is 19.9 Å². The van der Waals surface area contributed by atoms with E-state index < -0.39 is 6.09 Å². The van der Waals surface area contributed by atoms with Crippen LogP contribution in [0.1, 0.15) is 17.5 Å². The van der Waals surface area contributed by atoms with E-state index in [-0.39, 0.29) is 12.4 Å². The van der Waals surface area contributed by atoms with Gasteiger partial charge in [-0.25, -0.2) is 4.79 Å². The summed E-state index contributed by atoms with van der Waals surface area (Å²) in [5.41, 5.74) is 1.81. The fourth-order valence-corrected chi connectivity index (χ4v) is 2.06. The van der Waals surface area contributed by atoms with Crippen molar-refractivity contribution in [3.05, 3.63) is 65.7 Å². The Balaban J connectivity index is 1.66. The van der Waals surface area contributed by atoms with Crippen LogP contribution in [0, 0.1) is 0 Å². The number of nitrogens with one attached hydrogen (secondary N) is 1. The summed E-state index contributed by atoms with van der Waals surface area (Å²) >= 11 is 0. The van der Waals surface area contributed by atoms with Gasteiger partial charge in [-0.05, 0) is 29.7 Å². The van der Waals surface area contributed by atoms with Crippen molar-refractivity contribution in [1.29, 1.82) is 0 Å². The molecule has 2 aromatic carbocycles. The van der Waals surface area contributed by atoms with E-state index in [9.17, 15) is 9.90 Å². The van der Waals surface area contributed by atoms with Crippen molar-refractivity contribution in [2.24, 2.45) is 0 Å². The average molecular weight is 327 g/mol. The Bertz CT molecular complexity index is 683. The second kappa shape index (κ2) is 9.25. The third-order valence-corrected chi connectivity index (χ3v) is 3.31. The first-order valence-electron chi connectivity index (χ1n) is 7.67. The van der Waals surface area contributed by atoms with Gasteiger partial charge in [-0.2, -0.15) is 0 Å². The Morgan fingerprint density at radius 2 is 2.00 bits per heavy atom. The summed E-state index contributed by atoms with van der Waals surface area (Å²) in [6.07, 6.45) is 4.01. The topological polar surface area (TPSA) is 67.8 Å². The Kier molecular flexibility index (Phi) is 6.71. The fraction of sp³-hybridized carbons (Fsp3) is 0.211. The maximum Gasteiger partial charge on any atom is 0.407 e. The number of methoxy groups -OCH3 is 1. The minimum absolute atomic E-state index is 0.0993. The standard InChI is InChI=1S/C19H21NO4/c1-23-18-11-10-15(13-17(18)21)7-5-6-12-20-19(22)24-14-16-8-3-2-4-9-16/h2-5,7-11,13,21H,6,12,14H2,1H3,(H,20,22). The van der Waals surface area contributed by atoms with E-state index in [1.165, 1.54) is 7.11 Å². The molecule has 0 spiro atoms. The molecular weight excluding hydrogens is 306 g/mol. The highest BCUT2D eigenvalue weighted by Crippen LogP contribution is 2.26. The molecule has 2 N–H and O–H groups in total. The minimum atomic E-state index is -0.436. The van der Waals surface area contributed by atoms with Crippen LogP contribution in [0.3, 0.4) is 0 Å². The number of hydrogen-bond donors (Lipinski definition) is 2. The van der Waals surface area contributed by atoms with E-state index in [1.54, 1.807) is 12.1 Å². The summed E-state index contributed by atoms with van der Waals surface area (Å²) in [5, 5.41) is 12.4. The maximum atomic E-state index is 11.6. The van der Waals surface area contributed by atoms with Gasteiger partial charge in [0, 0.05) is 6.54 Å². The zero-order valence-corrected chi connectivity index (χ0v) is 13.6. The molecule has 0 fully saturated rings. The van der Waals surface area contributed by atoms with Gasteiger partial charge in [-0.15, -0.1) is 0 Å². The molecule has 0 unspecified atom stereocenters. The molecule has 0 aromatic heterocycles. The largest absolute Gasteiger partial charge is 0.504 e. The van der Waals surface area contributed by atoms with Crippen molar-refractivity contribution < 1.29 is 19.4 Å². The number of phenols is 1. The van der Waals surface area contributed by atoms with E-state index in [0.29, 0.717) is 18.7 Å². The molecule has 0 aliphatic rings. The summed E-state index contributed by atoms with van der Waals surface area (Å²) in [7, 11) is 1.51. The third kappa shape index (κ3) is 5.68. The molecular formula is C19H21NO4. The smallest absolute Gasteiger partial charge is 0.407 e. The van der Waals surface area contributed by atoms with Crippen LogP contribution in [-0.4, -0.2) is 24.9 Å². The second-order valence-corrected chi connectivity index (χ2v) is 5.11. The third-order valence-electron chi connectivity index (χ3n) is 3.31. The van der Waals surface area contributed by atoms with Gasteiger partial charge in [0.2, 0.25) is 0 Å². The SMILES string of the molecule is COc1ccc(C=CCCNC(=O)OCc2ccccc2)cc1O. The van der Waals surface area contributed by atoms with Gasteiger partial charge in [0.25, 0.3) is 0 Å². The molecule has 1 amide bonds. The minimum Gasteiger partial charge on any atom is -0.504 e. The molecule has 5 nitrogen and oxygen atoms in total. The zero-order chi connectivity index (χ0) is 17.2. The Morgan fingerprint density at radius 1 is 1.21 bits per heavy atom. The molecule has 0 radical (unpaired) electrons. The first-order valence-corrected chi connectivity index (χ1v) is 7.67. The molecule has 24 heavy (non-hydrogen) atoms. The van der Waals surface area contributed by atoms with Crippen LogP contribution in [0.2, 0.25) is 0 Å². The lowest BCUT2D eigenvalue weighted by molar-refractivity contribution is 0.140. The number of alkyl carbamates (subject to hydrolysis) is 1. The zero-order valence-electron chi connectivity index (χ0n) is 13.6. The summed E-state index contributed by atoms with van der Waals surface area (Å²) in [6, 6.07) is 14.7. The molecule has 5 heteroatoms. The lowest BCUT2D eigenvalue weighted by atomic mass is 10.2. The van der Waals surface area contributed by atoms with E-state index in [4.69, 9.17) is 9.47 Å². The van der Waals surface area contributed by atoms with Crippen LogP contribution >= 0.6 is 0 Å². The van der Waals surface area contributed by atoms with Crippen molar-refractivity contribution in [2.75, 3.05) is 13.7 Å². The summed E-state index contributed by atoms with van der Waals surface area (Å²) in [6.45, 7) is 0.736. The number of benzene rings is 2. The summed E-state index contributed by atoms with van der Waals surface area (Å²) < 4.78 is 10.1. The van der Waals surface area contributed by atoms with Crippen LogP contribution in [0.5, 0.6) is 11.5 Å². The predicted octanol–water partition coefficient (Wildman–Crippen LogP) is 3.73. The van der Waals surface area contributed by atoms with Crippen LogP contribution in [0.4, 0.5) is 4.79 Å². The first kappa shape index (κ1) is 17.4. The normalized spacial score (nSPS) is 10.5. The maximum absolute atomic E-state index is 11.6. The van der Waals surface area contributed by atoms with Gasteiger partial charge in [-0.1, -0.05) is 48.6 Å². The number of carbonyl (C=O) groups is 1. The van der Waals surface area contributed by atoms with Crippen molar-refractivity contribution in [3.8, 4) is 11.5 Å². The van der Waals surface area contributed by atoms with Crippen LogP contribution < -0.4 is 10.1 Å². The second-order valence-electron chi connectivity index (χ2n) is 5.11. The van der Waals surface area contributed by atoms with E-state index in [2.05, 4.69) is 5.32 Å². The number of hydrogen-bond acceptors (Lipinski definition) is 4. The van der Waals surface area contributed by atoms with Crippen LogP contribution in [0.25, 0.3) is 6.08 Å². The van der Waals surface area contributed by atoms with Gasteiger partial charge >= 0.3 is 6.09 Å². The lowest BCUT2D eigenvalue weighted by Crippen LogP contribution is -2.24. The van der Waals surface area contributed by atoms with Gasteiger partial charge in [0.1, 0.15) is 6.61 Å². The van der Waals surface area contributed by atoms with Crippen molar-refractivity contribution >= 4 is 12.2 Å². The van der Waals surface area contributed by atoms with E-state index in [1.807, 2.05) is 48.6 Å². The predicted molar refractivity (Wildman–Crippen MR) is 92.9 cm³/mol. The quantitative estimate of drug-likeness (QED) is 0.760. The number of carbonyl (C=O) groups excluding carboxylic acids is 1. The Morgan fingerprint density at radius 3 is 2.71 bits per heavy atom. The van der Waals surface area contributed by atoms with Crippen molar-refractivity contribution in [1.82, 2.24) is 5.32 Å². The van der Waals surface area contributed by atoms with Crippen molar-refractivity contribution in [3.63, 3.8) is 0 Å². The monoisotopic (exact) mass is 327 g/mol. The molecule has 0 atom stereocenters. The van der Waals surface area contributed by atoms with Gasteiger partial charge in [0.15, 0.2) is 11.5 Å². The number of amides is 1. The number of ether oxygens (including phenoxy) is 2. The van der Waals surface area contributed by atoms with Crippen LogP contribution in [0.15, 0.2) is 54.6 Å². The Hall–Kier alpha value is -2.95. The average Bonchev–Trinajstić information content (AvgIpc) is 2.61. The van der Waals surface area contributed by atoms with Gasteiger partial charge in [-0.3, -0.25) is 0 Å². The highest BCUT2D eigenvalue weighted by atomic mass is 16.5. The fourth-order valence-electron chi connectivity index (χ4n) is 2.06. The Labute approximate surface area is 141 Å². The van der Waals surface area contributed by atoms with Crippen LogP contribution in [-0.2, 0) is 11.3 Å². The molecule has 126 valence electrons. The van der Waals surface area contributed by atoms with Gasteiger partial charge in [0.05, 0.1) is 7.11 Å². The summed E-state index contributed by atoms with van der Waals surface area (Å²) in [4.78, 5) is 11.6. The molecule has 0 saturated heterocycles. The summed E-state index contributed by atoms with van der Waals surface area (Å²) in [5.74, 6) is 0.539. The highest BCUT2D eigenvalue weighted by Gasteiger charge is 2.01. The van der Waals surface area contributed by atoms with Crippen molar-refractivity contribution in [2.45, 2.75) is 13.0 Å². The molecule has 0 saturated carbocycles. The number of aromatic hydroxyl groups is 1. The molecule has 2 aromatic rings. The molecule has 0 bridgehead atoms. The first-order chi connectivity index (χ1) is 11.7. The molecule has 0 aliphatic heterocycles. The number of rotatable bonds is 7. The van der Waals surface area contributed by atoms with E-state index >= 15 is 0 Å². The molecule has 0 aliphatic carbocycles. The number of phenolic OH excluding ortho intramolecular Hbond substituents is 1. The van der Waals surface area contributed by atoms with E-state index in [0.717, 1.165) is 11.1 Å². The molecule has 2 rings (SSSR count). The highest BCUT2D eigenvalue weighted by molar-refractivity contribution is 5.67.